The number of likely N-dealkylation sites (tertiary alicyclic amines) is 1. The highest BCUT2D eigenvalue weighted by molar-refractivity contribution is 5.96. The van der Waals surface area contributed by atoms with E-state index in [0.717, 1.165) is 48.2 Å². The molecule has 4 heteroatoms. The first-order valence-corrected chi connectivity index (χ1v) is 7.90. The summed E-state index contributed by atoms with van der Waals surface area (Å²) in [5.74, 6) is 1.42. The fraction of sp³-hybridized carbons (Fsp3) is 0.389. The van der Waals surface area contributed by atoms with Gasteiger partial charge in [0.05, 0.1) is 0 Å². The van der Waals surface area contributed by atoms with E-state index in [4.69, 9.17) is 10.2 Å². The SMILES string of the molecule is CCc1oc2ccccc2c1/C=C/C(=O)N1CCC(CN)C1. The number of fused-ring (bicyclic) bond motifs is 1. The van der Waals surface area contributed by atoms with Crippen LogP contribution in [0.2, 0.25) is 0 Å². The molecule has 1 amide bonds. The van der Waals surface area contributed by atoms with E-state index >= 15 is 0 Å². The molecule has 1 aromatic heterocycles. The predicted octanol–water partition coefficient (Wildman–Crippen LogP) is 2.82. The van der Waals surface area contributed by atoms with Crippen molar-refractivity contribution in [2.24, 2.45) is 11.7 Å². The summed E-state index contributed by atoms with van der Waals surface area (Å²) in [5.41, 5.74) is 7.56. The van der Waals surface area contributed by atoms with Gasteiger partial charge in [-0.1, -0.05) is 25.1 Å². The minimum Gasteiger partial charge on any atom is -0.460 e. The minimum absolute atomic E-state index is 0.0586. The summed E-state index contributed by atoms with van der Waals surface area (Å²) in [4.78, 5) is 14.2. The van der Waals surface area contributed by atoms with Gasteiger partial charge in [0.15, 0.2) is 0 Å². The highest BCUT2D eigenvalue weighted by Crippen LogP contribution is 2.27. The molecule has 1 saturated heterocycles. The van der Waals surface area contributed by atoms with Gasteiger partial charge in [0.1, 0.15) is 11.3 Å². The average molecular weight is 298 g/mol. The Balaban J connectivity index is 1.82. The van der Waals surface area contributed by atoms with Crippen LogP contribution in [-0.2, 0) is 11.2 Å². The number of aryl methyl sites for hydroxylation is 1. The van der Waals surface area contributed by atoms with Crippen molar-refractivity contribution in [3.63, 3.8) is 0 Å². The van der Waals surface area contributed by atoms with Crippen LogP contribution in [0.1, 0.15) is 24.7 Å². The van der Waals surface area contributed by atoms with Gasteiger partial charge in [-0.15, -0.1) is 0 Å². The maximum atomic E-state index is 12.3. The molecular weight excluding hydrogens is 276 g/mol. The molecule has 1 aromatic carbocycles. The van der Waals surface area contributed by atoms with Crippen LogP contribution in [0.15, 0.2) is 34.8 Å². The smallest absolute Gasteiger partial charge is 0.246 e. The van der Waals surface area contributed by atoms with Crippen LogP contribution in [0.25, 0.3) is 17.0 Å². The molecule has 2 aromatic rings. The Bertz CT molecular complexity index is 702. The van der Waals surface area contributed by atoms with Crippen LogP contribution in [0.5, 0.6) is 0 Å². The third-order valence-corrected chi connectivity index (χ3v) is 4.36. The number of hydrogen-bond acceptors (Lipinski definition) is 3. The summed E-state index contributed by atoms with van der Waals surface area (Å²) in [7, 11) is 0. The van der Waals surface area contributed by atoms with Crippen molar-refractivity contribution < 1.29 is 9.21 Å². The van der Waals surface area contributed by atoms with Gasteiger partial charge in [0.25, 0.3) is 0 Å². The number of amides is 1. The third-order valence-electron chi connectivity index (χ3n) is 4.36. The normalized spacial score (nSPS) is 18.6. The number of carbonyl (C=O) groups is 1. The second-order valence-electron chi connectivity index (χ2n) is 5.80. The van der Waals surface area contributed by atoms with Gasteiger partial charge >= 0.3 is 0 Å². The first-order chi connectivity index (χ1) is 10.7. The van der Waals surface area contributed by atoms with Crippen molar-refractivity contribution >= 4 is 23.0 Å². The van der Waals surface area contributed by atoms with Crippen LogP contribution in [0.4, 0.5) is 0 Å². The highest BCUT2D eigenvalue weighted by atomic mass is 16.3. The number of rotatable bonds is 4. The molecule has 2 N–H and O–H groups in total. The third kappa shape index (κ3) is 2.79. The number of hydrogen-bond donors (Lipinski definition) is 1. The molecule has 0 bridgehead atoms. The molecule has 1 unspecified atom stereocenters. The van der Waals surface area contributed by atoms with Gasteiger partial charge in [-0.25, -0.2) is 0 Å². The monoisotopic (exact) mass is 298 g/mol. The highest BCUT2D eigenvalue weighted by Gasteiger charge is 2.23. The minimum atomic E-state index is 0.0586. The van der Waals surface area contributed by atoms with Gasteiger partial charge in [0, 0.05) is 36.5 Å². The van der Waals surface area contributed by atoms with E-state index in [1.54, 1.807) is 6.08 Å². The second-order valence-corrected chi connectivity index (χ2v) is 5.80. The fourth-order valence-corrected chi connectivity index (χ4v) is 3.05. The molecule has 3 rings (SSSR count). The Kier molecular flexibility index (Phi) is 4.29. The van der Waals surface area contributed by atoms with E-state index in [2.05, 4.69) is 6.92 Å². The Morgan fingerprint density at radius 1 is 1.45 bits per heavy atom. The van der Waals surface area contributed by atoms with Crippen molar-refractivity contribution in [1.29, 1.82) is 0 Å². The van der Waals surface area contributed by atoms with Crippen molar-refractivity contribution in [3.8, 4) is 0 Å². The van der Waals surface area contributed by atoms with Crippen LogP contribution < -0.4 is 5.73 Å². The molecule has 2 heterocycles. The largest absolute Gasteiger partial charge is 0.460 e. The molecule has 1 aliphatic heterocycles. The van der Waals surface area contributed by atoms with Crippen LogP contribution in [0.3, 0.4) is 0 Å². The van der Waals surface area contributed by atoms with Crippen LogP contribution in [0, 0.1) is 5.92 Å². The molecule has 0 spiro atoms. The Morgan fingerprint density at radius 2 is 2.27 bits per heavy atom. The number of furan rings is 1. The Morgan fingerprint density at radius 3 is 3.00 bits per heavy atom. The zero-order valence-corrected chi connectivity index (χ0v) is 12.9. The quantitative estimate of drug-likeness (QED) is 0.883. The molecule has 22 heavy (non-hydrogen) atoms. The zero-order valence-electron chi connectivity index (χ0n) is 12.9. The average Bonchev–Trinajstić information content (AvgIpc) is 3.16. The predicted molar refractivity (Wildman–Crippen MR) is 88.4 cm³/mol. The summed E-state index contributed by atoms with van der Waals surface area (Å²) >= 11 is 0. The van der Waals surface area contributed by atoms with Crippen molar-refractivity contribution in [2.75, 3.05) is 19.6 Å². The van der Waals surface area contributed by atoms with E-state index in [9.17, 15) is 4.79 Å². The van der Waals surface area contributed by atoms with Crippen LogP contribution >= 0.6 is 0 Å². The maximum Gasteiger partial charge on any atom is 0.246 e. The molecule has 0 radical (unpaired) electrons. The fourth-order valence-electron chi connectivity index (χ4n) is 3.05. The van der Waals surface area contributed by atoms with Gasteiger partial charge < -0.3 is 15.1 Å². The Labute approximate surface area is 130 Å². The zero-order chi connectivity index (χ0) is 15.5. The van der Waals surface area contributed by atoms with Crippen molar-refractivity contribution in [3.05, 3.63) is 41.7 Å². The Hall–Kier alpha value is -2.07. The second kappa shape index (κ2) is 6.36. The van der Waals surface area contributed by atoms with E-state index in [-0.39, 0.29) is 5.91 Å². The first-order valence-electron chi connectivity index (χ1n) is 7.90. The summed E-state index contributed by atoms with van der Waals surface area (Å²) in [6.07, 6.45) is 5.37. The molecule has 0 aliphatic carbocycles. The number of carbonyl (C=O) groups excluding carboxylic acids is 1. The standard InChI is InChI=1S/C18H22N2O2/c1-2-16-15(14-5-3-4-6-17(14)22-16)7-8-18(21)20-10-9-13(11-19)12-20/h3-8,13H,2,9-12,19H2,1H3/b8-7+. The first kappa shape index (κ1) is 14.9. The molecule has 1 fully saturated rings. The molecule has 1 atom stereocenters. The van der Waals surface area contributed by atoms with E-state index < -0.39 is 0 Å². The molecule has 0 saturated carbocycles. The summed E-state index contributed by atoms with van der Waals surface area (Å²) in [5, 5.41) is 1.06. The number of para-hydroxylation sites is 1. The van der Waals surface area contributed by atoms with Gasteiger partial charge in [-0.2, -0.15) is 0 Å². The lowest BCUT2D eigenvalue weighted by Gasteiger charge is -2.13. The molecule has 116 valence electrons. The van der Waals surface area contributed by atoms with E-state index in [1.165, 1.54) is 0 Å². The summed E-state index contributed by atoms with van der Waals surface area (Å²) in [6.45, 7) is 4.29. The van der Waals surface area contributed by atoms with Gasteiger partial charge in [-0.05, 0) is 31.0 Å². The summed E-state index contributed by atoms with van der Waals surface area (Å²) in [6, 6.07) is 7.94. The lowest BCUT2D eigenvalue weighted by Crippen LogP contribution is -2.28. The number of nitrogens with two attached hydrogens (primary N) is 1. The van der Waals surface area contributed by atoms with Gasteiger partial charge in [0.2, 0.25) is 5.91 Å². The maximum absolute atomic E-state index is 12.3. The van der Waals surface area contributed by atoms with Gasteiger partial charge in [-0.3, -0.25) is 4.79 Å². The lowest BCUT2D eigenvalue weighted by molar-refractivity contribution is -0.125. The van der Waals surface area contributed by atoms with Crippen molar-refractivity contribution in [2.45, 2.75) is 19.8 Å². The van der Waals surface area contributed by atoms with E-state index in [0.29, 0.717) is 12.5 Å². The summed E-state index contributed by atoms with van der Waals surface area (Å²) < 4.78 is 5.85. The molecule has 4 nitrogen and oxygen atoms in total. The number of nitrogens with zero attached hydrogens (tertiary/aromatic N) is 1. The van der Waals surface area contributed by atoms with E-state index in [1.807, 2.05) is 35.2 Å². The van der Waals surface area contributed by atoms with Crippen molar-refractivity contribution in [1.82, 2.24) is 4.90 Å². The lowest BCUT2D eigenvalue weighted by atomic mass is 10.1. The molecular formula is C18H22N2O2. The van der Waals surface area contributed by atoms with Crippen LogP contribution in [-0.4, -0.2) is 30.4 Å². The topological polar surface area (TPSA) is 59.5 Å². The number of benzene rings is 1. The molecule has 1 aliphatic rings.